The van der Waals surface area contributed by atoms with Crippen LogP contribution in [0.5, 0.6) is 0 Å². The van der Waals surface area contributed by atoms with E-state index < -0.39 is 6.09 Å². The van der Waals surface area contributed by atoms with Crippen LogP contribution in [-0.4, -0.2) is 22.6 Å². The van der Waals surface area contributed by atoms with Gasteiger partial charge in [-0.05, 0) is 5.56 Å². The van der Waals surface area contributed by atoms with Crippen molar-refractivity contribution in [1.29, 1.82) is 0 Å². The zero-order valence-electron chi connectivity index (χ0n) is 10.7. The van der Waals surface area contributed by atoms with Crippen LogP contribution < -0.4 is 5.32 Å². The van der Waals surface area contributed by atoms with Gasteiger partial charge in [-0.1, -0.05) is 42.2 Å². The minimum atomic E-state index is -0.493. The van der Waals surface area contributed by atoms with E-state index in [1.807, 2.05) is 30.3 Å². The van der Waals surface area contributed by atoms with Crippen molar-refractivity contribution in [3.63, 3.8) is 0 Å². The average Bonchev–Trinajstić information content (AvgIpc) is 2.52. The molecule has 0 unspecified atom stereocenters. The van der Waals surface area contributed by atoms with E-state index in [1.54, 1.807) is 12.4 Å². The molecule has 1 N–H and O–H groups in total. The number of benzene rings is 1. The van der Waals surface area contributed by atoms with E-state index in [9.17, 15) is 4.79 Å². The summed E-state index contributed by atoms with van der Waals surface area (Å²) in [6, 6.07) is 9.48. The van der Waals surface area contributed by atoms with Gasteiger partial charge in [-0.3, -0.25) is 0 Å². The first-order valence-electron chi connectivity index (χ1n) is 6.03. The van der Waals surface area contributed by atoms with Crippen LogP contribution in [0.4, 0.5) is 4.79 Å². The maximum atomic E-state index is 11.4. The Hall–Kier alpha value is -2.87. The third kappa shape index (κ3) is 4.78. The lowest BCUT2D eigenvalue weighted by molar-refractivity contribution is 0.141. The van der Waals surface area contributed by atoms with Crippen molar-refractivity contribution in [3.05, 3.63) is 60.2 Å². The van der Waals surface area contributed by atoms with Crippen LogP contribution in [-0.2, 0) is 11.3 Å². The van der Waals surface area contributed by atoms with E-state index in [0.29, 0.717) is 5.56 Å². The van der Waals surface area contributed by atoms with E-state index in [4.69, 9.17) is 4.74 Å². The molecule has 0 bridgehead atoms. The maximum absolute atomic E-state index is 11.4. The smallest absolute Gasteiger partial charge is 0.408 e. The van der Waals surface area contributed by atoms with E-state index in [1.165, 1.54) is 6.33 Å². The normalized spacial score (nSPS) is 9.20. The van der Waals surface area contributed by atoms with Crippen molar-refractivity contribution < 1.29 is 9.53 Å². The number of nitrogens with one attached hydrogen (secondary N) is 1. The van der Waals surface area contributed by atoms with Gasteiger partial charge >= 0.3 is 6.09 Å². The lowest BCUT2D eigenvalue weighted by atomic mass is 10.2. The Bertz CT molecular complexity index is 603. The fraction of sp³-hybridized carbons (Fsp3) is 0.133. The zero-order chi connectivity index (χ0) is 14.0. The number of hydrogen-bond donors (Lipinski definition) is 1. The van der Waals surface area contributed by atoms with Crippen molar-refractivity contribution in [1.82, 2.24) is 15.3 Å². The lowest BCUT2D eigenvalue weighted by Gasteiger charge is -2.04. The van der Waals surface area contributed by atoms with Gasteiger partial charge in [0.1, 0.15) is 12.9 Å². The number of ether oxygens (including phenoxy) is 1. The largest absolute Gasteiger partial charge is 0.445 e. The van der Waals surface area contributed by atoms with Crippen molar-refractivity contribution >= 4 is 6.09 Å². The SMILES string of the molecule is O=C(NCC#Cc1cncnc1)OCc1ccccc1. The Labute approximate surface area is 117 Å². The first-order chi connectivity index (χ1) is 9.84. The Morgan fingerprint density at radius 1 is 1.20 bits per heavy atom. The van der Waals surface area contributed by atoms with Crippen molar-refractivity contribution in [2.24, 2.45) is 0 Å². The summed E-state index contributed by atoms with van der Waals surface area (Å²) >= 11 is 0. The van der Waals surface area contributed by atoms with Crippen molar-refractivity contribution in [2.75, 3.05) is 6.54 Å². The first-order valence-corrected chi connectivity index (χ1v) is 6.03. The maximum Gasteiger partial charge on any atom is 0.408 e. The first kappa shape index (κ1) is 13.6. The topological polar surface area (TPSA) is 64.1 Å². The standard InChI is InChI=1S/C15H13N3O2/c19-15(20-11-13-5-2-1-3-6-13)18-8-4-7-14-9-16-12-17-10-14/h1-3,5-6,9-10,12H,8,11H2,(H,18,19). The van der Waals surface area contributed by atoms with Gasteiger partial charge in [0.05, 0.1) is 12.1 Å². The van der Waals surface area contributed by atoms with Gasteiger partial charge < -0.3 is 10.1 Å². The van der Waals surface area contributed by atoms with Crippen LogP contribution in [0.15, 0.2) is 49.1 Å². The summed E-state index contributed by atoms with van der Waals surface area (Å²) in [5, 5.41) is 2.55. The van der Waals surface area contributed by atoms with E-state index in [-0.39, 0.29) is 13.2 Å². The molecule has 0 spiro atoms. The second-order valence-electron chi connectivity index (χ2n) is 3.84. The summed E-state index contributed by atoms with van der Waals surface area (Å²) in [7, 11) is 0. The molecule has 100 valence electrons. The third-order valence-electron chi connectivity index (χ3n) is 2.33. The van der Waals surface area contributed by atoms with Gasteiger partial charge in [0.15, 0.2) is 0 Å². The summed E-state index contributed by atoms with van der Waals surface area (Å²) in [5.41, 5.74) is 1.64. The molecule has 5 nitrogen and oxygen atoms in total. The number of alkyl carbamates (subject to hydrolysis) is 1. The Balaban J connectivity index is 1.70. The highest BCUT2D eigenvalue weighted by Gasteiger charge is 1.99. The molecular formula is C15H13N3O2. The average molecular weight is 267 g/mol. The predicted molar refractivity (Wildman–Crippen MR) is 73.5 cm³/mol. The Morgan fingerprint density at radius 3 is 2.70 bits per heavy atom. The Morgan fingerprint density at radius 2 is 1.95 bits per heavy atom. The molecular weight excluding hydrogens is 254 g/mol. The molecule has 1 heterocycles. The van der Waals surface area contributed by atoms with Crippen LogP contribution >= 0.6 is 0 Å². The molecule has 20 heavy (non-hydrogen) atoms. The molecule has 0 atom stereocenters. The van der Waals surface area contributed by atoms with Gasteiger partial charge in [0, 0.05) is 12.4 Å². The molecule has 2 aromatic rings. The van der Waals surface area contributed by atoms with Crippen molar-refractivity contribution in [2.45, 2.75) is 6.61 Å². The zero-order valence-corrected chi connectivity index (χ0v) is 10.7. The van der Waals surface area contributed by atoms with Crippen molar-refractivity contribution in [3.8, 4) is 11.8 Å². The summed E-state index contributed by atoms with van der Waals surface area (Å²) in [6.07, 6.45) is 4.15. The highest BCUT2D eigenvalue weighted by Crippen LogP contribution is 2.00. The summed E-state index contributed by atoms with van der Waals surface area (Å²) in [5.74, 6) is 5.62. The van der Waals surface area contributed by atoms with Crippen LogP contribution in [0.2, 0.25) is 0 Å². The van der Waals surface area contributed by atoms with Gasteiger partial charge in [0.2, 0.25) is 0 Å². The molecule has 0 saturated carbocycles. The van der Waals surface area contributed by atoms with Crippen LogP contribution in [0.3, 0.4) is 0 Å². The van der Waals surface area contributed by atoms with Gasteiger partial charge in [-0.2, -0.15) is 0 Å². The Kier molecular flexibility index (Phi) is 5.11. The molecule has 0 aliphatic rings. The van der Waals surface area contributed by atoms with E-state index in [0.717, 1.165) is 5.56 Å². The highest BCUT2D eigenvalue weighted by atomic mass is 16.5. The molecule has 0 aliphatic heterocycles. The fourth-order valence-electron chi connectivity index (χ4n) is 1.40. The molecule has 1 amide bonds. The monoisotopic (exact) mass is 267 g/mol. The quantitative estimate of drug-likeness (QED) is 0.861. The summed E-state index contributed by atoms with van der Waals surface area (Å²) < 4.78 is 5.04. The number of carbonyl (C=O) groups is 1. The molecule has 0 saturated heterocycles. The minimum Gasteiger partial charge on any atom is -0.445 e. The van der Waals surface area contributed by atoms with E-state index in [2.05, 4.69) is 27.1 Å². The second-order valence-corrected chi connectivity index (χ2v) is 3.84. The number of carbonyl (C=O) groups excluding carboxylic acids is 1. The van der Waals surface area contributed by atoms with Gasteiger partial charge in [-0.25, -0.2) is 14.8 Å². The number of rotatable bonds is 3. The molecule has 5 heteroatoms. The molecule has 2 rings (SSSR count). The summed E-state index contributed by atoms with van der Waals surface area (Å²) in [4.78, 5) is 19.1. The third-order valence-corrected chi connectivity index (χ3v) is 2.33. The second kappa shape index (κ2) is 7.54. The number of hydrogen-bond acceptors (Lipinski definition) is 4. The van der Waals surface area contributed by atoms with E-state index >= 15 is 0 Å². The fourth-order valence-corrected chi connectivity index (χ4v) is 1.40. The number of nitrogens with zero attached hydrogens (tertiary/aromatic N) is 2. The molecule has 0 aliphatic carbocycles. The van der Waals surface area contributed by atoms with Crippen LogP contribution in [0.1, 0.15) is 11.1 Å². The van der Waals surface area contributed by atoms with Crippen LogP contribution in [0, 0.1) is 11.8 Å². The predicted octanol–water partition coefficient (Wildman–Crippen LogP) is 1.75. The van der Waals surface area contributed by atoms with Gasteiger partial charge in [0.25, 0.3) is 0 Å². The molecule has 1 aromatic heterocycles. The minimum absolute atomic E-state index is 0.211. The molecule has 1 aromatic carbocycles. The molecule has 0 radical (unpaired) electrons. The van der Waals surface area contributed by atoms with Gasteiger partial charge in [-0.15, -0.1) is 0 Å². The number of aromatic nitrogens is 2. The number of amides is 1. The van der Waals surface area contributed by atoms with Crippen LogP contribution in [0.25, 0.3) is 0 Å². The summed E-state index contributed by atoms with van der Waals surface area (Å²) in [6.45, 7) is 0.454. The molecule has 0 fully saturated rings. The highest BCUT2D eigenvalue weighted by molar-refractivity contribution is 5.67. The lowest BCUT2D eigenvalue weighted by Crippen LogP contribution is -2.24.